The second kappa shape index (κ2) is 5.69. The summed E-state index contributed by atoms with van der Waals surface area (Å²) < 4.78 is 5.54. The molecule has 1 aliphatic rings. The van der Waals surface area contributed by atoms with Crippen LogP contribution in [0.3, 0.4) is 0 Å². The maximum Gasteiger partial charge on any atom is 0.336 e. The van der Waals surface area contributed by atoms with Crippen LogP contribution in [0.2, 0.25) is 0 Å². The molecule has 1 saturated heterocycles. The van der Waals surface area contributed by atoms with E-state index in [4.69, 9.17) is 4.74 Å². The molecular formula is C16H18N2O3. The molecule has 1 aromatic heterocycles. The second-order valence-electron chi connectivity index (χ2n) is 5.38. The van der Waals surface area contributed by atoms with E-state index in [1.165, 1.54) is 0 Å². The van der Waals surface area contributed by atoms with Crippen LogP contribution in [0.4, 0.5) is 5.82 Å². The highest BCUT2D eigenvalue weighted by atomic mass is 16.5. The van der Waals surface area contributed by atoms with E-state index in [0.717, 1.165) is 25.4 Å². The molecule has 2 atom stereocenters. The molecule has 21 heavy (non-hydrogen) atoms. The average molecular weight is 286 g/mol. The predicted molar refractivity (Wildman–Crippen MR) is 80.7 cm³/mol. The summed E-state index contributed by atoms with van der Waals surface area (Å²) in [5.41, 5.74) is 0.972. The first-order valence-corrected chi connectivity index (χ1v) is 7.13. The van der Waals surface area contributed by atoms with Crippen molar-refractivity contribution in [2.24, 2.45) is 5.92 Å². The Morgan fingerprint density at radius 1 is 1.43 bits per heavy atom. The molecule has 0 aliphatic carbocycles. The van der Waals surface area contributed by atoms with Crippen LogP contribution in [-0.4, -0.2) is 35.3 Å². The highest BCUT2D eigenvalue weighted by Crippen LogP contribution is 2.22. The zero-order valence-electron chi connectivity index (χ0n) is 11.9. The van der Waals surface area contributed by atoms with Gasteiger partial charge >= 0.3 is 5.97 Å². The van der Waals surface area contributed by atoms with Gasteiger partial charge < -0.3 is 15.2 Å². The van der Waals surface area contributed by atoms with Crippen molar-refractivity contribution in [1.82, 2.24) is 4.98 Å². The van der Waals surface area contributed by atoms with Crippen LogP contribution < -0.4 is 5.32 Å². The zero-order chi connectivity index (χ0) is 14.8. The molecule has 2 heterocycles. The lowest BCUT2D eigenvalue weighted by atomic mass is 10.0. The molecule has 1 aliphatic heterocycles. The number of nitrogens with one attached hydrogen (secondary N) is 1. The van der Waals surface area contributed by atoms with Gasteiger partial charge in [0, 0.05) is 24.5 Å². The standard InChI is InChI=1S/C16H18N2O3/c1-10-11(7-8-21-10)9-17-15-6-5-12-13(16(19)20)3-2-4-14(12)18-15/h2-6,10-11H,7-9H2,1H3,(H,17,18)(H,19,20). The van der Waals surface area contributed by atoms with Crippen molar-refractivity contribution in [3.05, 3.63) is 35.9 Å². The number of hydrogen-bond acceptors (Lipinski definition) is 4. The lowest BCUT2D eigenvalue weighted by molar-refractivity contribution is 0.0699. The molecule has 2 N–H and O–H groups in total. The van der Waals surface area contributed by atoms with Crippen LogP contribution in [0.1, 0.15) is 23.7 Å². The Kier molecular flexibility index (Phi) is 3.75. The Balaban J connectivity index is 1.80. The molecule has 0 bridgehead atoms. The lowest BCUT2D eigenvalue weighted by Gasteiger charge is -2.15. The Morgan fingerprint density at radius 2 is 2.29 bits per heavy atom. The second-order valence-corrected chi connectivity index (χ2v) is 5.38. The average Bonchev–Trinajstić information content (AvgIpc) is 2.89. The van der Waals surface area contributed by atoms with Gasteiger partial charge in [0.1, 0.15) is 5.82 Å². The number of ether oxygens (including phenoxy) is 1. The third kappa shape index (κ3) is 2.83. The van der Waals surface area contributed by atoms with Gasteiger partial charge in [0.05, 0.1) is 17.2 Å². The summed E-state index contributed by atoms with van der Waals surface area (Å²) in [5, 5.41) is 13.2. The normalized spacial score (nSPS) is 21.6. The first kappa shape index (κ1) is 13.8. The molecule has 110 valence electrons. The number of aromatic carboxylic acids is 1. The van der Waals surface area contributed by atoms with Gasteiger partial charge in [-0.05, 0) is 37.6 Å². The molecule has 0 saturated carbocycles. The van der Waals surface area contributed by atoms with E-state index in [-0.39, 0.29) is 11.7 Å². The van der Waals surface area contributed by atoms with Crippen LogP contribution in [-0.2, 0) is 4.74 Å². The molecular weight excluding hydrogens is 268 g/mol. The van der Waals surface area contributed by atoms with E-state index >= 15 is 0 Å². The molecule has 0 amide bonds. The number of benzene rings is 1. The van der Waals surface area contributed by atoms with Gasteiger partial charge in [-0.2, -0.15) is 0 Å². The molecule has 5 heteroatoms. The first-order chi connectivity index (χ1) is 10.1. The Morgan fingerprint density at radius 3 is 3.00 bits per heavy atom. The van der Waals surface area contributed by atoms with E-state index in [0.29, 0.717) is 16.8 Å². The summed E-state index contributed by atoms with van der Waals surface area (Å²) in [7, 11) is 0. The van der Waals surface area contributed by atoms with Gasteiger partial charge in [0.15, 0.2) is 0 Å². The fourth-order valence-corrected chi connectivity index (χ4v) is 2.72. The van der Waals surface area contributed by atoms with Crippen molar-refractivity contribution in [1.29, 1.82) is 0 Å². The minimum Gasteiger partial charge on any atom is -0.478 e. The summed E-state index contributed by atoms with van der Waals surface area (Å²) in [6.45, 7) is 3.73. The number of carbonyl (C=O) groups is 1. The van der Waals surface area contributed by atoms with E-state index in [2.05, 4.69) is 17.2 Å². The number of anilines is 1. The van der Waals surface area contributed by atoms with Gasteiger partial charge in [-0.3, -0.25) is 0 Å². The summed E-state index contributed by atoms with van der Waals surface area (Å²) >= 11 is 0. The van der Waals surface area contributed by atoms with Gasteiger partial charge in [0.2, 0.25) is 0 Å². The zero-order valence-corrected chi connectivity index (χ0v) is 11.9. The van der Waals surface area contributed by atoms with Crippen molar-refractivity contribution in [2.75, 3.05) is 18.5 Å². The lowest BCUT2D eigenvalue weighted by Crippen LogP contribution is -2.21. The molecule has 3 rings (SSSR count). The van der Waals surface area contributed by atoms with Gasteiger partial charge in [-0.25, -0.2) is 9.78 Å². The first-order valence-electron chi connectivity index (χ1n) is 7.13. The Hall–Kier alpha value is -2.14. The molecule has 0 radical (unpaired) electrons. The van der Waals surface area contributed by atoms with Crippen LogP contribution in [0.5, 0.6) is 0 Å². The summed E-state index contributed by atoms with van der Waals surface area (Å²) in [6.07, 6.45) is 1.34. The third-order valence-corrected chi connectivity index (χ3v) is 4.04. The summed E-state index contributed by atoms with van der Waals surface area (Å²) in [6, 6.07) is 8.78. The Bertz CT molecular complexity index is 672. The number of hydrogen-bond donors (Lipinski definition) is 2. The van der Waals surface area contributed by atoms with E-state index in [1.54, 1.807) is 12.1 Å². The number of carboxylic acid groups (broad SMARTS) is 1. The van der Waals surface area contributed by atoms with E-state index in [1.807, 2.05) is 18.2 Å². The van der Waals surface area contributed by atoms with Gasteiger partial charge in [0.25, 0.3) is 0 Å². The molecule has 2 aromatic rings. The minimum absolute atomic E-state index is 0.275. The smallest absolute Gasteiger partial charge is 0.336 e. The summed E-state index contributed by atoms with van der Waals surface area (Å²) in [4.78, 5) is 15.7. The van der Waals surface area contributed by atoms with Crippen molar-refractivity contribution in [3.63, 3.8) is 0 Å². The predicted octanol–water partition coefficient (Wildman–Crippen LogP) is 2.77. The molecule has 1 fully saturated rings. The van der Waals surface area contributed by atoms with Crippen molar-refractivity contribution in [2.45, 2.75) is 19.4 Å². The maximum atomic E-state index is 11.2. The van der Waals surface area contributed by atoms with Crippen LogP contribution in [0.15, 0.2) is 30.3 Å². The molecule has 5 nitrogen and oxygen atoms in total. The summed E-state index contributed by atoms with van der Waals surface area (Å²) in [5.74, 6) is 0.331. The molecule has 0 spiro atoms. The number of nitrogens with zero attached hydrogens (tertiary/aromatic N) is 1. The quantitative estimate of drug-likeness (QED) is 0.904. The maximum absolute atomic E-state index is 11.2. The number of rotatable bonds is 4. The third-order valence-electron chi connectivity index (χ3n) is 4.04. The highest BCUT2D eigenvalue weighted by Gasteiger charge is 2.23. The SMILES string of the molecule is CC1OCCC1CNc1ccc2c(C(=O)O)cccc2n1. The van der Waals surface area contributed by atoms with E-state index < -0.39 is 5.97 Å². The molecule has 1 aromatic carbocycles. The largest absolute Gasteiger partial charge is 0.478 e. The fourth-order valence-electron chi connectivity index (χ4n) is 2.72. The van der Waals surface area contributed by atoms with Gasteiger partial charge in [-0.15, -0.1) is 0 Å². The molecule has 2 unspecified atom stereocenters. The fraction of sp³-hybridized carbons (Fsp3) is 0.375. The van der Waals surface area contributed by atoms with Crippen LogP contribution in [0, 0.1) is 5.92 Å². The number of fused-ring (bicyclic) bond motifs is 1. The highest BCUT2D eigenvalue weighted by molar-refractivity contribution is 6.02. The van der Waals surface area contributed by atoms with Gasteiger partial charge in [-0.1, -0.05) is 6.07 Å². The number of carboxylic acids is 1. The van der Waals surface area contributed by atoms with Crippen LogP contribution in [0.25, 0.3) is 10.9 Å². The van der Waals surface area contributed by atoms with E-state index in [9.17, 15) is 9.90 Å². The minimum atomic E-state index is -0.931. The van der Waals surface area contributed by atoms with Crippen molar-refractivity contribution >= 4 is 22.7 Å². The van der Waals surface area contributed by atoms with Crippen molar-refractivity contribution in [3.8, 4) is 0 Å². The number of pyridine rings is 1. The van der Waals surface area contributed by atoms with Crippen molar-refractivity contribution < 1.29 is 14.6 Å². The van der Waals surface area contributed by atoms with Crippen LogP contribution >= 0.6 is 0 Å². The monoisotopic (exact) mass is 286 g/mol. The Labute approximate surface area is 123 Å². The topological polar surface area (TPSA) is 71.5 Å². The number of aromatic nitrogens is 1.